The van der Waals surface area contributed by atoms with Crippen LogP contribution in [0, 0.1) is 6.92 Å². The van der Waals surface area contributed by atoms with E-state index >= 15 is 0 Å². The van der Waals surface area contributed by atoms with Crippen LogP contribution in [0.25, 0.3) is 11.0 Å². The van der Waals surface area contributed by atoms with Gasteiger partial charge in [-0.15, -0.1) is 0 Å². The molecule has 0 aromatic carbocycles. The summed E-state index contributed by atoms with van der Waals surface area (Å²) < 4.78 is 20.2. The lowest BCUT2D eigenvalue weighted by molar-refractivity contribution is 0.00578. The molecule has 2 aromatic rings. The third-order valence-corrected chi connectivity index (χ3v) is 6.72. The number of nitrogens with zero attached hydrogens (tertiary/aromatic N) is 3. The molecule has 8 heteroatoms. The summed E-state index contributed by atoms with van der Waals surface area (Å²) in [7, 11) is -0.986. The lowest BCUT2D eigenvalue weighted by atomic mass is 9.77. The highest BCUT2D eigenvalue weighted by Gasteiger charge is 2.52. The van der Waals surface area contributed by atoms with Gasteiger partial charge in [-0.2, -0.15) is 5.10 Å². The summed E-state index contributed by atoms with van der Waals surface area (Å²) in [6, 6.07) is 2.03. The first-order valence-electron chi connectivity index (χ1n) is 9.32. The van der Waals surface area contributed by atoms with Crippen molar-refractivity contribution in [3.05, 3.63) is 18.0 Å². The molecule has 1 aliphatic heterocycles. The molecule has 0 aliphatic carbocycles. The van der Waals surface area contributed by atoms with Crippen molar-refractivity contribution in [1.82, 2.24) is 14.8 Å². The first kappa shape index (κ1) is 20.6. The number of hydrogen-bond acceptors (Lipinski definition) is 5. The molecule has 0 unspecified atom stereocenters. The van der Waals surface area contributed by atoms with Crippen molar-refractivity contribution in [1.29, 1.82) is 0 Å². The predicted octanol–water partition coefficient (Wildman–Crippen LogP) is 2.71. The van der Waals surface area contributed by atoms with E-state index in [1.807, 2.05) is 23.9 Å². The summed E-state index contributed by atoms with van der Waals surface area (Å²) in [6.07, 6.45) is 8.71. The van der Waals surface area contributed by atoms with Crippen molar-refractivity contribution in [2.75, 3.05) is 31.1 Å². The number of aryl methyl sites for hydroxylation is 1. The maximum Gasteiger partial charge on any atom is 0.495 e. The Hall–Kier alpha value is -1.09. The molecule has 1 saturated heterocycles. The minimum absolute atomic E-state index is 0.379. The van der Waals surface area contributed by atoms with Crippen LogP contribution in [0.5, 0.6) is 0 Å². The molecule has 1 fully saturated rings. The smallest absolute Gasteiger partial charge is 0.399 e. The second-order valence-corrected chi connectivity index (χ2v) is 13.7. The Bertz CT molecular complexity index is 813. The van der Waals surface area contributed by atoms with Crippen LogP contribution in [0.4, 0.5) is 0 Å². The molecular formula is C19H32BN3O3S. The molecule has 3 heterocycles. The van der Waals surface area contributed by atoms with E-state index in [1.165, 1.54) is 0 Å². The van der Waals surface area contributed by atoms with E-state index in [1.54, 1.807) is 0 Å². The third kappa shape index (κ3) is 4.34. The van der Waals surface area contributed by atoms with E-state index in [2.05, 4.69) is 56.5 Å². The number of ether oxygens (including phenoxy) is 1. The van der Waals surface area contributed by atoms with Gasteiger partial charge < -0.3 is 14.0 Å². The lowest BCUT2D eigenvalue weighted by Crippen LogP contribution is -2.41. The Kier molecular flexibility index (Phi) is 5.40. The number of pyridine rings is 1. The van der Waals surface area contributed by atoms with Crippen molar-refractivity contribution in [2.24, 2.45) is 0 Å². The van der Waals surface area contributed by atoms with Gasteiger partial charge in [-0.3, -0.25) is 0 Å². The van der Waals surface area contributed by atoms with Crippen LogP contribution in [0.2, 0.25) is 0 Å². The summed E-state index contributed by atoms with van der Waals surface area (Å²) in [5.41, 5.74) is 1.93. The summed E-state index contributed by atoms with van der Waals surface area (Å²) in [4.78, 5) is 4.68. The minimum atomic E-state index is -0.558. The molecule has 0 atom stereocenters. The van der Waals surface area contributed by atoms with E-state index in [0.29, 0.717) is 6.73 Å². The van der Waals surface area contributed by atoms with Crippen molar-refractivity contribution < 1.29 is 14.0 Å². The van der Waals surface area contributed by atoms with Crippen LogP contribution in [-0.2, 0) is 20.8 Å². The maximum absolute atomic E-state index is 6.24. The molecule has 0 N–H and O–H groups in total. The van der Waals surface area contributed by atoms with Crippen molar-refractivity contribution in [3.8, 4) is 0 Å². The fourth-order valence-corrected chi connectivity index (χ4v) is 3.54. The van der Waals surface area contributed by atoms with E-state index in [-0.39, 0.29) is 11.2 Å². The highest BCUT2D eigenvalue weighted by molar-refractivity contribution is 8.32. The summed E-state index contributed by atoms with van der Waals surface area (Å²) in [5.74, 6) is 1.08. The molecule has 6 nitrogen and oxygen atoms in total. The third-order valence-electron chi connectivity index (χ3n) is 5.33. The molecule has 27 heavy (non-hydrogen) atoms. The van der Waals surface area contributed by atoms with E-state index in [4.69, 9.17) is 14.0 Å². The molecule has 0 saturated carbocycles. The van der Waals surface area contributed by atoms with Crippen molar-refractivity contribution in [3.63, 3.8) is 0 Å². The highest BCUT2D eigenvalue weighted by Crippen LogP contribution is 2.37. The van der Waals surface area contributed by atoms with Gasteiger partial charge in [0.15, 0.2) is 5.65 Å². The SMILES string of the molecule is Cc1cc(B2OC(C)(C)C(C)(C)O2)c2cnn(COCCS(C)(C)C)c2n1. The zero-order chi connectivity index (χ0) is 20.0. The molecule has 0 spiro atoms. The van der Waals surface area contributed by atoms with E-state index in [0.717, 1.165) is 34.5 Å². The van der Waals surface area contributed by atoms with Crippen LogP contribution < -0.4 is 5.46 Å². The predicted molar refractivity (Wildman–Crippen MR) is 114 cm³/mol. The van der Waals surface area contributed by atoms with E-state index in [9.17, 15) is 0 Å². The van der Waals surface area contributed by atoms with Crippen molar-refractivity contribution >= 4 is 33.6 Å². The molecule has 0 bridgehead atoms. The minimum Gasteiger partial charge on any atom is -0.399 e. The number of fused-ring (bicyclic) bond motifs is 1. The van der Waals surface area contributed by atoms with Gasteiger partial charge in [0.1, 0.15) is 6.73 Å². The zero-order valence-electron chi connectivity index (χ0n) is 17.8. The Morgan fingerprint density at radius 1 is 1.15 bits per heavy atom. The monoisotopic (exact) mass is 393 g/mol. The summed E-state index contributed by atoms with van der Waals surface area (Å²) in [5, 5.41) is 5.45. The lowest BCUT2D eigenvalue weighted by Gasteiger charge is -2.32. The topological polar surface area (TPSA) is 58.4 Å². The highest BCUT2D eigenvalue weighted by atomic mass is 32.3. The molecule has 150 valence electrons. The average molecular weight is 393 g/mol. The summed E-state index contributed by atoms with van der Waals surface area (Å²) in [6.45, 7) is 11.4. The standard InChI is InChI=1S/C19H32BN3O3S/c1-14-11-16(20-25-18(2,3)19(4,5)26-20)15-12-21-23(17(15)22-14)13-24-9-10-27(6,7)8/h11-12H,9-10,13H2,1-8H3. The largest absolute Gasteiger partial charge is 0.495 e. The second-order valence-electron chi connectivity index (χ2n) is 9.15. The van der Waals surface area contributed by atoms with Crippen LogP contribution in [-0.4, -0.2) is 64.2 Å². The van der Waals surface area contributed by atoms with Gasteiger partial charge >= 0.3 is 7.12 Å². The van der Waals surface area contributed by atoms with E-state index < -0.39 is 17.1 Å². The van der Waals surface area contributed by atoms with Gasteiger partial charge in [-0.05, 0) is 64.9 Å². The second kappa shape index (κ2) is 7.06. The summed E-state index contributed by atoms with van der Waals surface area (Å²) >= 11 is 0. The number of aromatic nitrogens is 3. The van der Waals surface area contributed by atoms with Crippen LogP contribution in [0.3, 0.4) is 0 Å². The quantitative estimate of drug-likeness (QED) is 0.558. The average Bonchev–Trinajstić information content (AvgIpc) is 3.00. The van der Waals surface area contributed by atoms with Crippen LogP contribution in [0.1, 0.15) is 33.4 Å². The fourth-order valence-electron chi connectivity index (χ4n) is 2.92. The van der Waals surface area contributed by atoms with Gasteiger partial charge in [0.25, 0.3) is 0 Å². The Morgan fingerprint density at radius 3 is 2.37 bits per heavy atom. The molecule has 0 amide bonds. The molecular weight excluding hydrogens is 361 g/mol. The fraction of sp³-hybridized carbons (Fsp3) is 0.684. The first-order valence-corrected chi connectivity index (χ1v) is 12.3. The molecule has 1 aliphatic rings. The maximum atomic E-state index is 6.24. The Labute approximate surface area is 164 Å². The van der Waals surface area contributed by atoms with Gasteiger partial charge in [0.05, 0.1) is 24.0 Å². The normalized spacial score (nSPS) is 19.8. The van der Waals surface area contributed by atoms with Crippen molar-refractivity contribution in [2.45, 2.75) is 52.6 Å². The molecule has 2 aromatic heterocycles. The van der Waals surface area contributed by atoms with Gasteiger partial charge in [-0.25, -0.2) is 19.7 Å². The Morgan fingerprint density at radius 2 is 1.78 bits per heavy atom. The van der Waals surface area contributed by atoms with Gasteiger partial charge in [-0.1, -0.05) is 0 Å². The Balaban J connectivity index is 1.84. The zero-order valence-corrected chi connectivity index (χ0v) is 18.6. The molecule has 0 radical (unpaired) electrons. The van der Waals surface area contributed by atoms with Gasteiger partial charge in [0.2, 0.25) is 0 Å². The van der Waals surface area contributed by atoms with Crippen LogP contribution in [0.15, 0.2) is 12.3 Å². The molecule has 3 rings (SSSR count). The number of rotatable bonds is 6. The van der Waals surface area contributed by atoms with Crippen LogP contribution >= 0.6 is 10.0 Å². The van der Waals surface area contributed by atoms with Gasteiger partial charge in [0, 0.05) is 16.8 Å². The first-order chi connectivity index (χ1) is 12.4. The number of hydrogen-bond donors (Lipinski definition) is 0.